The summed E-state index contributed by atoms with van der Waals surface area (Å²) in [6, 6.07) is 3.81. The molecule has 0 saturated carbocycles. The number of methoxy groups -OCH3 is 1. The molecule has 17 heavy (non-hydrogen) atoms. The van der Waals surface area contributed by atoms with Gasteiger partial charge in [0.15, 0.2) is 0 Å². The Balaban J connectivity index is 2.30. The van der Waals surface area contributed by atoms with Crippen molar-refractivity contribution in [2.45, 2.75) is 12.8 Å². The van der Waals surface area contributed by atoms with E-state index in [4.69, 9.17) is 4.74 Å². The van der Waals surface area contributed by atoms with Crippen molar-refractivity contribution < 1.29 is 9.53 Å². The van der Waals surface area contributed by atoms with Crippen molar-refractivity contribution in [2.24, 2.45) is 0 Å². The number of rotatable bonds is 2. The van der Waals surface area contributed by atoms with Crippen LogP contribution in [0.5, 0.6) is 5.75 Å². The lowest BCUT2D eigenvalue weighted by molar-refractivity contribution is 0.0792. The zero-order chi connectivity index (χ0) is 12.4. The first-order valence-corrected chi connectivity index (χ1v) is 7.61. The predicted octanol–water partition coefficient (Wildman–Crippen LogP) is 3.14. The standard InChI is InChI=1S/C12H13I2NO2/c1-17-11-9(13)6-8(7-10(11)14)12(16)15-4-2-3-5-15/h6-7H,2-5H2,1H3. The Bertz CT molecular complexity index is 419. The van der Waals surface area contributed by atoms with Crippen LogP contribution in [0.4, 0.5) is 0 Å². The Morgan fingerprint density at radius 2 is 1.76 bits per heavy atom. The fraction of sp³-hybridized carbons (Fsp3) is 0.417. The summed E-state index contributed by atoms with van der Waals surface area (Å²) in [5, 5.41) is 0. The molecule has 1 aliphatic rings. The normalized spacial score (nSPS) is 15.1. The Hall–Kier alpha value is -0.0500. The average Bonchev–Trinajstić information content (AvgIpc) is 2.81. The fourth-order valence-electron chi connectivity index (χ4n) is 1.98. The topological polar surface area (TPSA) is 29.5 Å². The molecular formula is C12H13I2NO2. The molecule has 1 saturated heterocycles. The van der Waals surface area contributed by atoms with Crippen LogP contribution in [0.1, 0.15) is 23.2 Å². The summed E-state index contributed by atoms with van der Waals surface area (Å²) < 4.78 is 7.27. The third-order valence-electron chi connectivity index (χ3n) is 2.84. The monoisotopic (exact) mass is 457 g/mol. The maximum Gasteiger partial charge on any atom is 0.253 e. The van der Waals surface area contributed by atoms with Crippen LogP contribution in [0.25, 0.3) is 0 Å². The minimum absolute atomic E-state index is 0.140. The van der Waals surface area contributed by atoms with E-state index in [-0.39, 0.29) is 5.91 Å². The molecule has 0 aliphatic carbocycles. The number of carbonyl (C=O) groups is 1. The quantitative estimate of drug-likeness (QED) is 0.640. The van der Waals surface area contributed by atoms with E-state index < -0.39 is 0 Å². The zero-order valence-corrected chi connectivity index (χ0v) is 13.8. The van der Waals surface area contributed by atoms with E-state index in [0.29, 0.717) is 0 Å². The lowest BCUT2D eigenvalue weighted by atomic mass is 10.2. The van der Waals surface area contributed by atoms with E-state index in [1.807, 2.05) is 17.0 Å². The van der Waals surface area contributed by atoms with Gasteiger partial charge in [-0.1, -0.05) is 0 Å². The number of amides is 1. The average molecular weight is 457 g/mol. The highest BCUT2D eigenvalue weighted by Gasteiger charge is 2.21. The van der Waals surface area contributed by atoms with Crippen LogP contribution in [-0.4, -0.2) is 31.0 Å². The summed E-state index contributed by atoms with van der Waals surface area (Å²) in [4.78, 5) is 14.2. The van der Waals surface area contributed by atoms with E-state index in [9.17, 15) is 4.79 Å². The number of nitrogens with zero attached hydrogens (tertiary/aromatic N) is 1. The number of carbonyl (C=O) groups excluding carboxylic acids is 1. The van der Waals surface area contributed by atoms with Crippen LogP contribution >= 0.6 is 45.2 Å². The molecule has 1 aromatic rings. The fourth-order valence-corrected chi connectivity index (χ4v) is 4.19. The van der Waals surface area contributed by atoms with Crippen LogP contribution in [0.2, 0.25) is 0 Å². The maximum absolute atomic E-state index is 12.2. The van der Waals surface area contributed by atoms with Crippen LogP contribution in [0, 0.1) is 7.14 Å². The first-order valence-electron chi connectivity index (χ1n) is 5.46. The lowest BCUT2D eigenvalue weighted by Crippen LogP contribution is -2.27. The molecule has 2 rings (SSSR count). The molecule has 0 spiro atoms. The van der Waals surface area contributed by atoms with Gasteiger partial charge in [0.1, 0.15) is 5.75 Å². The van der Waals surface area contributed by atoms with E-state index in [2.05, 4.69) is 45.2 Å². The molecular weight excluding hydrogens is 444 g/mol. The van der Waals surface area contributed by atoms with E-state index in [1.165, 1.54) is 0 Å². The highest BCUT2D eigenvalue weighted by molar-refractivity contribution is 14.1. The van der Waals surface area contributed by atoms with Crippen LogP contribution in [-0.2, 0) is 0 Å². The van der Waals surface area contributed by atoms with Gasteiger partial charge in [-0.05, 0) is 70.2 Å². The van der Waals surface area contributed by atoms with Gasteiger partial charge in [0, 0.05) is 18.7 Å². The second kappa shape index (κ2) is 5.73. The molecule has 1 amide bonds. The number of ether oxygens (including phenoxy) is 1. The van der Waals surface area contributed by atoms with Gasteiger partial charge in [-0.3, -0.25) is 4.79 Å². The molecule has 0 radical (unpaired) electrons. The lowest BCUT2D eigenvalue weighted by Gasteiger charge is -2.16. The van der Waals surface area contributed by atoms with Crippen LogP contribution in [0.15, 0.2) is 12.1 Å². The van der Waals surface area contributed by atoms with Gasteiger partial charge in [-0.2, -0.15) is 0 Å². The van der Waals surface area contributed by atoms with E-state index >= 15 is 0 Å². The summed E-state index contributed by atoms with van der Waals surface area (Å²) in [6.07, 6.45) is 2.24. The summed E-state index contributed by atoms with van der Waals surface area (Å²) >= 11 is 4.42. The summed E-state index contributed by atoms with van der Waals surface area (Å²) in [5.74, 6) is 0.991. The highest BCUT2D eigenvalue weighted by Crippen LogP contribution is 2.29. The predicted molar refractivity (Wildman–Crippen MR) is 83.6 cm³/mol. The second-order valence-electron chi connectivity index (χ2n) is 3.97. The largest absolute Gasteiger partial charge is 0.495 e. The maximum atomic E-state index is 12.2. The molecule has 0 aromatic heterocycles. The van der Waals surface area contributed by atoms with Crippen LogP contribution in [0.3, 0.4) is 0 Å². The Kier molecular flexibility index (Phi) is 4.51. The molecule has 1 aromatic carbocycles. The van der Waals surface area contributed by atoms with Gasteiger partial charge in [0.25, 0.3) is 5.91 Å². The van der Waals surface area contributed by atoms with Gasteiger partial charge in [0.2, 0.25) is 0 Å². The van der Waals surface area contributed by atoms with Gasteiger partial charge in [-0.25, -0.2) is 0 Å². The number of hydrogen-bond donors (Lipinski definition) is 0. The molecule has 0 N–H and O–H groups in total. The number of halogens is 2. The van der Waals surface area contributed by atoms with Crippen molar-refractivity contribution in [1.82, 2.24) is 4.90 Å². The number of hydrogen-bond acceptors (Lipinski definition) is 2. The third kappa shape index (κ3) is 2.86. The molecule has 1 aliphatic heterocycles. The zero-order valence-electron chi connectivity index (χ0n) is 9.50. The van der Waals surface area contributed by atoms with Gasteiger partial charge in [-0.15, -0.1) is 0 Å². The van der Waals surface area contributed by atoms with Crippen LogP contribution < -0.4 is 4.74 Å². The molecule has 1 heterocycles. The first kappa shape index (κ1) is 13.4. The Labute approximate surface area is 128 Å². The van der Waals surface area contributed by atoms with Crippen molar-refractivity contribution >= 4 is 51.1 Å². The van der Waals surface area contributed by atoms with E-state index in [1.54, 1.807) is 7.11 Å². The SMILES string of the molecule is COc1c(I)cc(C(=O)N2CCCC2)cc1I. The number of likely N-dealkylation sites (tertiary alicyclic amines) is 1. The summed E-state index contributed by atoms with van der Waals surface area (Å²) in [7, 11) is 1.65. The molecule has 92 valence electrons. The van der Waals surface area contributed by atoms with Crippen molar-refractivity contribution in [1.29, 1.82) is 0 Å². The Morgan fingerprint density at radius 1 is 1.24 bits per heavy atom. The minimum Gasteiger partial charge on any atom is -0.495 e. The molecule has 0 unspecified atom stereocenters. The van der Waals surface area contributed by atoms with E-state index in [0.717, 1.165) is 44.4 Å². The van der Waals surface area contributed by atoms with Crippen molar-refractivity contribution in [3.8, 4) is 5.75 Å². The molecule has 1 fully saturated rings. The van der Waals surface area contributed by atoms with Gasteiger partial charge in [0.05, 0.1) is 14.3 Å². The van der Waals surface area contributed by atoms with Crippen molar-refractivity contribution in [2.75, 3.05) is 20.2 Å². The van der Waals surface area contributed by atoms with Crippen molar-refractivity contribution in [3.63, 3.8) is 0 Å². The summed E-state index contributed by atoms with van der Waals surface area (Å²) in [5.41, 5.74) is 0.765. The summed E-state index contributed by atoms with van der Waals surface area (Å²) in [6.45, 7) is 1.77. The third-order valence-corrected chi connectivity index (χ3v) is 4.45. The number of benzene rings is 1. The van der Waals surface area contributed by atoms with Crippen molar-refractivity contribution in [3.05, 3.63) is 24.8 Å². The molecule has 5 heteroatoms. The Morgan fingerprint density at radius 3 is 2.24 bits per heavy atom. The van der Waals surface area contributed by atoms with Gasteiger partial charge >= 0.3 is 0 Å². The molecule has 0 bridgehead atoms. The molecule has 3 nitrogen and oxygen atoms in total. The first-order chi connectivity index (χ1) is 8.13. The smallest absolute Gasteiger partial charge is 0.253 e. The minimum atomic E-state index is 0.140. The second-order valence-corrected chi connectivity index (χ2v) is 6.30. The molecule has 0 atom stereocenters. The highest BCUT2D eigenvalue weighted by atomic mass is 127. The van der Waals surface area contributed by atoms with Gasteiger partial charge < -0.3 is 9.64 Å².